The summed E-state index contributed by atoms with van der Waals surface area (Å²) in [5.41, 5.74) is 3.67. The van der Waals surface area contributed by atoms with Gasteiger partial charge in [0.1, 0.15) is 10.4 Å². The van der Waals surface area contributed by atoms with Gasteiger partial charge < -0.3 is 15.0 Å². The molecule has 12 nitrogen and oxygen atoms in total. The number of amides is 1. The van der Waals surface area contributed by atoms with Gasteiger partial charge in [-0.25, -0.2) is 21.8 Å². The Balaban J connectivity index is 1.32. The van der Waals surface area contributed by atoms with Gasteiger partial charge in [0.15, 0.2) is 11.3 Å². The molecule has 6 aromatic rings. The highest BCUT2D eigenvalue weighted by Crippen LogP contribution is 2.40. The van der Waals surface area contributed by atoms with Crippen molar-refractivity contribution >= 4 is 71.5 Å². The van der Waals surface area contributed by atoms with Gasteiger partial charge in [0, 0.05) is 18.4 Å². The number of methoxy groups -OCH3 is 1. The quantitative estimate of drug-likeness (QED) is 0.272. The van der Waals surface area contributed by atoms with E-state index in [1.54, 1.807) is 48.9 Å². The van der Waals surface area contributed by atoms with Crippen LogP contribution in [0.1, 0.15) is 24.0 Å². The van der Waals surface area contributed by atoms with Crippen LogP contribution in [0.25, 0.3) is 26.9 Å². The number of rotatable bonds is 6. The molecule has 47 heavy (non-hydrogen) atoms. The lowest BCUT2D eigenvalue weighted by molar-refractivity contribution is -0.122. The lowest BCUT2D eigenvalue weighted by atomic mass is 10.1. The Morgan fingerprint density at radius 1 is 1.06 bits per heavy atom. The largest absolute Gasteiger partial charge is 0.495 e. The third-order valence-corrected chi connectivity index (χ3v) is 11.7. The Morgan fingerprint density at radius 3 is 2.62 bits per heavy atom. The summed E-state index contributed by atoms with van der Waals surface area (Å²) in [7, 11) is -0.520. The minimum absolute atomic E-state index is 0.0593. The number of aromatic nitrogens is 4. The van der Waals surface area contributed by atoms with E-state index in [1.807, 2.05) is 31.0 Å². The highest BCUT2D eigenvalue weighted by atomic mass is 32.2. The molecule has 8 rings (SSSR count). The minimum atomic E-state index is -4.05. The molecule has 1 N–H and O–H groups in total. The molecule has 240 valence electrons. The molecule has 0 bridgehead atoms. The number of likely N-dealkylation sites (N-methyl/N-ethyl adjacent to an activating group) is 1. The van der Waals surface area contributed by atoms with Crippen LogP contribution in [0.15, 0.2) is 69.8 Å². The molecular formula is C33H31N7O5S2. The first kappa shape index (κ1) is 29.6. The molecule has 6 heterocycles. The van der Waals surface area contributed by atoms with E-state index in [9.17, 15) is 18.0 Å². The highest BCUT2D eigenvalue weighted by Gasteiger charge is 2.35. The van der Waals surface area contributed by atoms with Crippen molar-refractivity contribution in [2.24, 2.45) is 0 Å². The number of benzene rings is 2. The van der Waals surface area contributed by atoms with E-state index in [4.69, 9.17) is 14.7 Å². The van der Waals surface area contributed by atoms with E-state index in [-0.39, 0.29) is 39.6 Å². The molecule has 1 amide bonds. The van der Waals surface area contributed by atoms with Crippen molar-refractivity contribution in [1.29, 1.82) is 0 Å². The van der Waals surface area contributed by atoms with Crippen LogP contribution in [0.4, 0.5) is 17.3 Å². The number of carbonyl (C=O) groups excluding carboxylic acids is 1. The third-order valence-electron chi connectivity index (χ3n) is 9.16. The third kappa shape index (κ3) is 4.61. The second-order valence-electron chi connectivity index (χ2n) is 12.0. The maximum absolute atomic E-state index is 14.0. The number of likely N-dealkylation sites (tertiary alicyclic amines) is 1. The minimum Gasteiger partial charge on any atom is -0.495 e. The monoisotopic (exact) mass is 669 g/mol. The zero-order chi connectivity index (χ0) is 32.6. The second-order valence-corrected chi connectivity index (χ2v) is 14.7. The normalized spacial score (nSPS) is 16.8. The first-order chi connectivity index (χ1) is 22.7. The van der Waals surface area contributed by atoms with Gasteiger partial charge in [-0.15, -0.1) is 11.3 Å². The van der Waals surface area contributed by atoms with Crippen LogP contribution in [0.2, 0.25) is 0 Å². The summed E-state index contributed by atoms with van der Waals surface area (Å²) in [4.78, 5) is 41.2. The van der Waals surface area contributed by atoms with Crippen molar-refractivity contribution in [2.75, 3.05) is 37.5 Å². The van der Waals surface area contributed by atoms with Crippen molar-refractivity contribution < 1.29 is 17.9 Å². The van der Waals surface area contributed by atoms with E-state index in [0.29, 0.717) is 40.0 Å². The number of hydrogen-bond donors (Lipinski definition) is 1. The van der Waals surface area contributed by atoms with Crippen LogP contribution >= 0.6 is 11.3 Å². The standard InChI is InChI=1S/C33H31N7O5S2/c1-19-6-8-21(9-7-19)47(43,44)39-15-11-22-29(39)36-33(40-30(22)34-23-12-16-46-28(23)32(40)42)35-24-18-26-20(17-27(24)45-3)10-14-38(26)31(41)25-5-4-13-37(25)2/h6-9,11-12,15-18,25H,4-5,10,13-14H2,1-3H3,(H,35,36)/t25-/m0/s1. The first-order valence-electron chi connectivity index (χ1n) is 15.3. The average Bonchev–Trinajstić information content (AvgIpc) is 3.87. The summed E-state index contributed by atoms with van der Waals surface area (Å²) in [5.74, 6) is 0.612. The number of ether oxygens (including phenoxy) is 1. The molecule has 1 atom stereocenters. The number of carbonyl (C=O) groups is 1. The number of hydrogen-bond acceptors (Lipinski definition) is 10. The van der Waals surface area contributed by atoms with Gasteiger partial charge >= 0.3 is 0 Å². The molecule has 2 aromatic carbocycles. The Labute approximate surface area is 273 Å². The van der Waals surface area contributed by atoms with Gasteiger partial charge in [-0.3, -0.25) is 14.5 Å². The zero-order valence-electron chi connectivity index (χ0n) is 25.9. The van der Waals surface area contributed by atoms with E-state index >= 15 is 0 Å². The van der Waals surface area contributed by atoms with E-state index in [2.05, 4.69) is 10.2 Å². The summed E-state index contributed by atoms with van der Waals surface area (Å²) < 4.78 is 36.4. The smallest absolute Gasteiger partial charge is 0.278 e. The fourth-order valence-electron chi connectivity index (χ4n) is 6.66. The summed E-state index contributed by atoms with van der Waals surface area (Å²) in [5, 5.41) is 5.46. The number of fused-ring (bicyclic) bond motifs is 5. The van der Waals surface area contributed by atoms with Crippen LogP contribution in [0, 0.1) is 6.92 Å². The molecule has 4 aromatic heterocycles. The van der Waals surface area contributed by atoms with E-state index < -0.39 is 10.0 Å². The Morgan fingerprint density at radius 2 is 1.87 bits per heavy atom. The highest BCUT2D eigenvalue weighted by molar-refractivity contribution is 7.90. The number of anilines is 3. The molecular weight excluding hydrogens is 639 g/mol. The average molecular weight is 670 g/mol. The van der Waals surface area contributed by atoms with Gasteiger partial charge in [-0.2, -0.15) is 4.98 Å². The molecule has 1 fully saturated rings. The molecule has 0 aliphatic carbocycles. The Hall–Kier alpha value is -4.79. The van der Waals surface area contributed by atoms with Gasteiger partial charge in [-0.05, 0) is 87.1 Å². The SMILES string of the molecule is COc1cc2c(cc1Nc1nc3c(ccn3S(=O)(=O)c3ccc(C)cc3)c3nc4ccsc4c(=O)n13)N(C(=O)[C@@H]1CCCN1C)CC2. The van der Waals surface area contributed by atoms with Gasteiger partial charge in [0.25, 0.3) is 15.6 Å². The van der Waals surface area contributed by atoms with Gasteiger partial charge in [0.2, 0.25) is 11.9 Å². The fourth-order valence-corrected chi connectivity index (χ4v) is 8.72. The summed E-state index contributed by atoms with van der Waals surface area (Å²) >= 11 is 1.27. The Bertz CT molecular complexity index is 2410. The number of thiophene rings is 1. The van der Waals surface area contributed by atoms with E-state index in [1.165, 1.54) is 21.9 Å². The summed E-state index contributed by atoms with van der Waals surface area (Å²) in [6, 6.07) is 13.5. The zero-order valence-corrected chi connectivity index (χ0v) is 27.6. The number of nitrogens with zero attached hydrogens (tertiary/aromatic N) is 6. The molecule has 14 heteroatoms. The number of aryl methyl sites for hydroxylation is 1. The van der Waals surface area contributed by atoms with Gasteiger partial charge in [-0.1, -0.05) is 17.7 Å². The molecule has 2 aliphatic heterocycles. The van der Waals surface area contributed by atoms with Crippen LogP contribution in [0.3, 0.4) is 0 Å². The molecule has 0 spiro atoms. The molecule has 0 unspecified atom stereocenters. The maximum atomic E-state index is 14.0. The van der Waals surface area contributed by atoms with Crippen molar-refractivity contribution in [3.05, 3.63) is 81.6 Å². The van der Waals surface area contributed by atoms with Crippen molar-refractivity contribution in [1.82, 2.24) is 23.2 Å². The van der Waals surface area contributed by atoms with E-state index in [0.717, 1.165) is 40.2 Å². The summed E-state index contributed by atoms with van der Waals surface area (Å²) in [6.07, 6.45) is 3.91. The first-order valence-corrected chi connectivity index (χ1v) is 17.6. The molecule has 1 saturated heterocycles. The van der Waals surface area contributed by atoms with Crippen LogP contribution in [-0.4, -0.2) is 70.9 Å². The van der Waals surface area contributed by atoms with Crippen LogP contribution in [-0.2, 0) is 21.2 Å². The van der Waals surface area contributed by atoms with Crippen LogP contribution in [0.5, 0.6) is 5.75 Å². The Kier molecular flexibility index (Phi) is 6.86. The second kappa shape index (κ2) is 10.9. The van der Waals surface area contributed by atoms with Crippen molar-refractivity contribution in [3.63, 3.8) is 0 Å². The maximum Gasteiger partial charge on any atom is 0.278 e. The predicted molar refractivity (Wildman–Crippen MR) is 182 cm³/mol. The topological polar surface area (TPSA) is 131 Å². The van der Waals surface area contributed by atoms with Crippen LogP contribution < -0.4 is 20.5 Å². The molecule has 0 radical (unpaired) electrons. The predicted octanol–water partition coefficient (Wildman–Crippen LogP) is 4.54. The lowest BCUT2D eigenvalue weighted by Gasteiger charge is -2.26. The van der Waals surface area contributed by atoms with Crippen molar-refractivity contribution in [3.8, 4) is 5.75 Å². The van der Waals surface area contributed by atoms with Crippen molar-refractivity contribution in [2.45, 2.75) is 37.1 Å². The number of nitrogens with one attached hydrogen (secondary N) is 1. The molecule has 2 aliphatic rings. The fraction of sp³-hybridized carbons (Fsp3) is 0.273. The lowest BCUT2D eigenvalue weighted by Crippen LogP contribution is -2.43. The summed E-state index contributed by atoms with van der Waals surface area (Å²) in [6.45, 7) is 3.33. The van der Waals surface area contributed by atoms with Gasteiger partial charge in [0.05, 0.1) is 34.6 Å². The molecule has 0 saturated carbocycles.